The molecule has 0 unspecified atom stereocenters. The van der Waals surface area contributed by atoms with Gasteiger partial charge in [-0.25, -0.2) is 36.8 Å². The second-order valence-electron chi connectivity index (χ2n) is 9.69. The summed E-state index contributed by atoms with van der Waals surface area (Å²) in [4.78, 5) is 27.1. The summed E-state index contributed by atoms with van der Waals surface area (Å²) in [5.74, 6) is -2.24. The van der Waals surface area contributed by atoms with Crippen LogP contribution in [0.5, 0.6) is 0 Å². The molecule has 16 heteroatoms. The van der Waals surface area contributed by atoms with E-state index in [-0.39, 0.29) is 44.2 Å². The molecule has 12 nitrogen and oxygen atoms in total. The van der Waals surface area contributed by atoms with Gasteiger partial charge in [0.15, 0.2) is 23.1 Å². The van der Waals surface area contributed by atoms with Crippen LogP contribution in [0.2, 0.25) is 5.02 Å². The first kappa shape index (κ1) is 29.3. The highest BCUT2D eigenvalue weighted by Gasteiger charge is 2.24. The van der Waals surface area contributed by atoms with E-state index in [9.17, 15) is 17.6 Å². The molecular weight excluding hydrogens is 618 g/mol. The zero-order chi connectivity index (χ0) is 31.0. The Morgan fingerprint density at radius 3 is 2.64 bits per heavy atom. The fourth-order valence-electron chi connectivity index (χ4n) is 4.59. The van der Waals surface area contributed by atoms with Crippen molar-refractivity contribution < 1.29 is 26.7 Å². The SMILES string of the molecule is Cc1c(Cl)cccc1S(=O)(=O)Nc1ccc(F)c(Nc2ncnc3ccc(-n4ccc(C(=O)N5CCOCC5)n4)nc23)c1F. The van der Waals surface area contributed by atoms with E-state index in [4.69, 9.17) is 16.3 Å². The van der Waals surface area contributed by atoms with Gasteiger partial charge in [0, 0.05) is 24.3 Å². The predicted molar refractivity (Wildman–Crippen MR) is 158 cm³/mol. The molecule has 3 aromatic heterocycles. The third-order valence-corrected chi connectivity index (χ3v) is 8.81. The number of aromatic nitrogens is 5. The van der Waals surface area contributed by atoms with Gasteiger partial charge in [-0.3, -0.25) is 9.52 Å². The lowest BCUT2D eigenvalue weighted by molar-refractivity contribution is 0.0298. The molecule has 44 heavy (non-hydrogen) atoms. The van der Waals surface area contributed by atoms with E-state index in [0.717, 1.165) is 12.1 Å². The van der Waals surface area contributed by atoms with Crippen molar-refractivity contribution in [1.29, 1.82) is 0 Å². The van der Waals surface area contributed by atoms with Crippen LogP contribution in [0.1, 0.15) is 16.1 Å². The number of benzene rings is 2. The average molecular weight is 641 g/mol. The van der Waals surface area contributed by atoms with Crippen molar-refractivity contribution in [3.05, 3.63) is 89.0 Å². The van der Waals surface area contributed by atoms with Gasteiger partial charge in [-0.05, 0) is 55.0 Å². The summed E-state index contributed by atoms with van der Waals surface area (Å²) in [7, 11) is -4.28. The molecule has 226 valence electrons. The van der Waals surface area contributed by atoms with E-state index in [0.29, 0.717) is 31.8 Å². The number of morpholine rings is 1. The van der Waals surface area contributed by atoms with E-state index in [2.05, 4.69) is 30.1 Å². The highest BCUT2D eigenvalue weighted by atomic mass is 35.5. The number of carbonyl (C=O) groups excluding carboxylic acids is 1. The largest absolute Gasteiger partial charge is 0.378 e. The van der Waals surface area contributed by atoms with Crippen molar-refractivity contribution in [3.8, 4) is 5.82 Å². The summed E-state index contributed by atoms with van der Waals surface area (Å²) < 4.78 is 65.5. The minimum absolute atomic E-state index is 0.0582. The van der Waals surface area contributed by atoms with Crippen LogP contribution in [-0.4, -0.2) is 70.3 Å². The molecule has 0 bridgehead atoms. The highest BCUT2D eigenvalue weighted by molar-refractivity contribution is 7.92. The maximum atomic E-state index is 15.6. The van der Waals surface area contributed by atoms with Crippen LogP contribution < -0.4 is 10.0 Å². The third kappa shape index (κ3) is 5.64. The number of carbonyl (C=O) groups is 1. The van der Waals surface area contributed by atoms with Gasteiger partial charge in [0.1, 0.15) is 23.3 Å². The summed E-state index contributed by atoms with van der Waals surface area (Å²) >= 11 is 6.07. The van der Waals surface area contributed by atoms with Crippen molar-refractivity contribution >= 4 is 55.8 Å². The second-order valence-corrected chi connectivity index (χ2v) is 11.7. The Hall–Kier alpha value is -4.73. The van der Waals surface area contributed by atoms with Crippen LogP contribution in [-0.2, 0) is 14.8 Å². The first-order valence-corrected chi connectivity index (χ1v) is 15.1. The molecule has 0 saturated carbocycles. The number of nitrogens with zero attached hydrogens (tertiary/aromatic N) is 6. The molecule has 0 atom stereocenters. The van der Waals surface area contributed by atoms with Crippen LogP contribution >= 0.6 is 11.6 Å². The fourth-order valence-corrected chi connectivity index (χ4v) is 6.14. The monoisotopic (exact) mass is 640 g/mol. The van der Waals surface area contributed by atoms with Crippen LogP contribution in [0.3, 0.4) is 0 Å². The third-order valence-electron chi connectivity index (χ3n) is 6.89. The van der Waals surface area contributed by atoms with Crippen molar-refractivity contribution in [2.75, 3.05) is 36.3 Å². The molecule has 0 spiro atoms. The molecule has 1 fully saturated rings. The van der Waals surface area contributed by atoms with E-state index in [1.165, 1.54) is 36.1 Å². The van der Waals surface area contributed by atoms with Gasteiger partial charge >= 0.3 is 0 Å². The molecule has 1 aliphatic rings. The molecule has 5 aromatic rings. The first-order valence-electron chi connectivity index (χ1n) is 13.2. The summed E-state index contributed by atoms with van der Waals surface area (Å²) in [5.41, 5.74) is -0.204. The first-order chi connectivity index (χ1) is 21.1. The Morgan fingerprint density at radius 2 is 1.84 bits per heavy atom. The molecule has 0 radical (unpaired) electrons. The minimum atomic E-state index is -4.28. The molecule has 6 rings (SSSR count). The Balaban J connectivity index is 1.31. The maximum Gasteiger partial charge on any atom is 0.274 e. The quantitative estimate of drug-likeness (QED) is 0.263. The number of fused-ring (bicyclic) bond motifs is 1. The number of sulfonamides is 1. The number of hydrogen-bond acceptors (Lipinski definition) is 9. The molecule has 4 heterocycles. The summed E-state index contributed by atoms with van der Waals surface area (Å²) in [6.45, 7) is 3.33. The molecule has 2 N–H and O–H groups in total. The van der Waals surface area contributed by atoms with Gasteiger partial charge in [-0.1, -0.05) is 17.7 Å². The number of amides is 1. The van der Waals surface area contributed by atoms with E-state index in [1.54, 1.807) is 29.3 Å². The summed E-state index contributed by atoms with van der Waals surface area (Å²) in [6, 6.07) is 11.0. The predicted octanol–water partition coefficient (Wildman–Crippen LogP) is 4.47. The Kier molecular flexibility index (Phi) is 7.84. The van der Waals surface area contributed by atoms with E-state index >= 15 is 4.39 Å². The smallest absolute Gasteiger partial charge is 0.274 e. The van der Waals surface area contributed by atoms with E-state index < -0.39 is 33.0 Å². The van der Waals surface area contributed by atoms with Crippen molar-refractivity contribution in [3.63, 3.8) is 0 Å². The Morgan fingerprint density at radius 1 is 1.05 bits per heavy atom. The zero-order valence-electron chi connectivity index (χ0n) is 23.0. The summed E-state index contributed by atoms with van der Waals surface area (Å²) in [5, 5.41) is 7.16. The molecule has 1 saturated heterocycles. The number of ether oxygens (including phenoxy) is 1. The summed E-state index contributed by atoms with van der Waals surface area (Å²) in [6.07, 6.45) is 2.75. The molecular formula is C28H23ClF2N8O4S. The van der Waals surface area contributed by atoms with Crippen LogP contribution in [0, 0.1) is 18.6 Å². The van der Waals surface area contributed by atoms with Crippen LogP contribution in [0.15, 0.2) is 66.0 Å². The van der Waals surface area contributed by atoms with Gasteiger partial charge < -0.3 is 15.0 Å². The average Bonchev–Trinajstić information content (AvgIpc) is 3.52. The molecule has 0 aliphatic carbocycles. The van der Waals surface area contributed by atoms with Crippen molar-refractivity contribution in [2.45, 2.75) is 11.8 Å². The maximum absolute atomic E-state index is 15.6. The molecule has 2 aromatic carbocycles. The molecule has 1 amide bonds. The van der Waals surface area contributed by atoms with Crippen molar-refractivity contribution in [1.82, 2.24) is 29.6 Å². The lowest BCUT2D eigenvalue weighted by Crippen LogP contribution is -2.40. The lowest BCUT2D eigenvalue weighted by Gasteiger charge is -2.25. The van der Waals surface area contributed by atoms with Gasteiger partial charge in [0.25, 0.3) is 15.9 Å². The van der Waals surface area contributed by atoms with E-state index in [1.807, 2.05) is 0 Å². The van der Waals surface area contributed by atoms with Crippen LogP contribution in [0.25, 0.3) is 16.9 Å². The van der Waals surface area contributed by atoms with Gasteiger partial charge in [-0.15, -0.1) is 0 Å². The second kappa shape index (κ2) is 11.7. The highest BCUT2D eigenvalue weighted by Crippen LogP contribution is 2.32. The number of anilines is 3. The normalized spacial score (nSPS) is 13.7. The standard InChI is InChI=1S/C28H23ClF2N8O4S/c1-16-17(29)3-2-4-22(16)44(41,42)37-19-6-5-18(30)25(24(19)31)35-27-26-20(32-15-33-27)7-8-23(34-26)39-10-9-21(36-39)28(40)38-11-13-43-14-12-38/h2-10,15,37H,11-14H2,1H3,(H,32,33,35). The number of rotatable bonds is 7. The number of pyridine rings is 1. The fraction of sp³-hybridized carbons (Fsp3) is 0.179. The lowest BCUT2D eigenvalue weighted by atomic mass is 10.2. The molecule has 1 aliphatic heterocycles. The minimum Gasteiger partial charge on any atom is -0.378 e. The Labute approximate surface area is 254 Å². The topological polar surface area (TPSA) is 144 Å². The zero-order valence-corrected chi connectivity index (χ0v) is 24.5. The number of nitrogens with one attached hydrogen (secondary N) is 2. The number of halogens is 3. The van der Waals surface area contributed by atoms with Gasteiger partial charge in [0.2, 0.25) is 0 Å². The van der Waals surface area contributed by atoms with Crippen LogP contribution in [0.4, 0.5) is 26.0 Å². The Bertz CT molecular complexity index is 2020. The van der Waals surface area contributed by atoms with Gasteiger partial charge in [-0.2, -0.15) is 5.10 Å². The number of hydrogen-bond donors (Lipinski definition) is 2. The van der Waals surface area contributed by atoms with Crippen molar-refractivity contribution in [2.24, 2.45) is 0 Å². The van der Waals surface area contributed by atoms with Gasteiger partial charge in [0.05, 0.1) is 29.3 Å².